The molecule has 154 valence electrons. The van der Waals surface area contributed by atoms with E-state index in [4.69, 9.17) is 9.73 Å². The zero-order chi connectivity index (χ0) is 17.9. The van der Waals surface area contributed by atoms with Gasteiger partial charge in [0.1, 0.15) is 0 Å². The molecule has 2 saturated heterocycles. The summed E-state index contributed by atoms with van der Waals surface area (Å²) < 4.78 is 5.39. The van der Waals surface area contributed by atoms with E-state index in [9.17, 15) is 0 Å². The van der Waals surface area contributed by atoms with E-state index in [1.54, 1.807) is 0 Å². The number of guanidine groups is 1. The van der Waals surface area contributed by atoms with Crippen LogP contribution in [0.25, 0.3) is 0 Å². The van der Waals surface area contributed by atoms with E-state index in [2.05, 4.69) is 41.2 Å². The topological polar surface area (TPSA) is 52.1 Å². The van der Waals surface area contributed by atoms with Crippen LogP contribution in [0.2, 0.25) is 0 Å². The average Bonchev–Trinajstić information content (AvgIpc) is 2.63. The fourth-order valence-electron chi connectivity index (χ4n) is 3.54. The molecule has 0 aliphatic carbocycles. The third-order valence-electron chi connectivity index (χ3n) is 5.20. The smallest absolute Gasteiger partial charge is 0.191 e. The standard InChI is InChI=1S/C19H39N5O.HI/c1-4-20-19(22-18-7-11-24(12-8-18)17(2)3)21-9-5-6-10-23-13-15-25-16-14-23;/h17-18H,4-16H2,1-3H3,(H2,20,21,22);1H. The van der Waals surface area contributed by atoms with Gasteiger partial charge >= 0.3 is 0 Å². The van der Waals surface area contributed by atoms with E-state index >= 15 is 0 Å². The maximum Gasteiger partial charge on any atom is 0.191 e. The van der Waals surface area contributed by atoms with Gasteiger partial charge in [-0.3, -0.25) is 9.89 Å². The van der Waals surface area contributed by atoms with Crippen molar-refractivity contribution in [3.8, 4) is 0 Å². The van der Waals surface area contributed by atoms with Gasteiger partial charge in [-0.2, -0.15) is 0 Å². The van der Waals surface area contributed by atoms with E-state index in [0.29, 0.717) is 12.1 Å². The Morgan fingerprint density at radius 3 is 2.42 bits per heavy atom. The number of rotatable bonds is 8. The molecule has 0 aromatic rings. The highest BCUT2D eigenvalue weighted by Crippen LogP contribution is 2.12. The summed E-state index contributed by atoms with van der Waals surface area (Å²) in [6.07, 6.45) is 4.79. The van der Waals surface area contributed by atoms with Crippen LogP contribution < -0.4 is 10.6 Å². The van der Waals surface area contributed by atoms with Crippen molar-refractivity contribution in [2.24, 2.45) is 4.99 Å². The second-order valence-electron chi connectivity index (χ2n) is 7.47. The first-order valence-electron chi connectivity index (χ1n) is 10.3. The Hall–Kier alpha value is -0.120. The third kappa shape index (κ3) is 9.19. The van der Waals surface area contributed by atoms with Crippen molar-refractivity contribution in [1.29, 1.82) is 0 Å². The molecule has 2 aliphatic rings. The third-order valence-corrected chi connectivity index (χ3v) is 5.20. The number of morpholine rings is 1. The van der Waals surface area contributed by atoms with Crippen molar-refractivity contribution in [1.82, 2.24) is 20.4 Å². The first kappa shape index (κ1) is 23.9. The Labute approximate surface area is 177 Å². The van der Waals surface area contributed by atoms with Gasteiger partial charge in [0.15, 0.2) is 5.96 Å². The maximum atomic E-state index is 5.39. The molecule has 26 heavy (non-hydrogen) atoms. The van der Waals surface area contributed by atoms with Crippen molar-refractivity contribution in [2.45, 2.75) is 58.5 Å². The average molecular weight is 481 g/mol. The number of likely N-dealkylation sites (tertiary alicyclic amines) is 1. The number of ether oxygens (including phenoxy) is 1. The minimum atomic E-state index is 0. The predicted molar refractivity (Wildman–Crippen MR) is 121 cm³/mol. The minimum absolute atomic E-state index is 0. The van der Waals surface area contributed by atoms with Crippen LogP contribution in [-0.2, 0) is 4.74 Å². The zero-order valence-corrected chi connectivity index (χ0v) is 19.3. The number of halogens is 1. The van der Waals surface area contributed by atoms with Crippen LogP contribution in [0, 0.1) is 0 Å². The Morgan fingerprint density at radius 1 is 1.12 bits per heavy atom. The van der Waals surface area contributed by atoms with Gasteiger partial charge in [-0.05, 0) is 53.0 Å². The molecule has 2 rings (SSSR count). The van der Waals surface area contributed by atoms with Gasteiger partial charge in [0.05, 0.1) is 13.2 Å². The molecule has 0 aromatic carbocycles. The molecular formula is C19H40IN5O. The van der Waals surface area contributed by atoms with Gasteiger partial charge in [0.2, 0.25) is 0 Å². The summed E-state index contributed by atoms with van der Waals surface area (Å²) in [7, 11) is 0. The number of unbranched alkanes of at least 4 members (excludes halogenated alkanes) is 1. The predicted octanol–water partition coefficient (Wildman–Crippen LogP) is 2.14. The van der Waals surface area contributed by atoms with Crippen molar-refractivity contribution >= 4 is 29.9 Å². The fourth-order valence-corrected chi connectivity index (χ4v) is 3.54. The zero-order valence-electron chi connectivity index (χ0n) is 17.0. The van der Waals surface area contributed by atoms with Crippen molar-refractivity contribution in [2.75, 3.05) is 59.0 Å². The normalized spacial score (nSPS) is 20.8. The second kappa shape index (κ2) is 14.0. The summed E-state index contributed by atoms with van der Waals surface area (Å²) in [6, 6.07) is 1.22. The molecule has 6 nitrogen and oxygen atoms in total. The maximum absolute atomic E-state index is 5.39. The van der Waals surface area contributed by atoms with E-state index < -0.39 is 0 Å². The van der Waals surface area contributed by atoms with Crippen LogP contribution in [0.15, 0.2) is 4.99 Å². The Kier molecular flexibility index (Phi) is 12.8. The number of nitrogens with zero attached hydrogens (tertiary/aromatic N) is 3. The van der Waals surface area contributed by atoms with Gasteiger partial charge < -0.3 is 20.3 Å². The van der Waals surface area contributed by atoms with Crippen molar-refractivity contribution < 1.29 is 4.74 Å². The molecule has 2 fully saturated rings. The van der Waals surface area contributed by atoms with Gasteiger partial charge in [-0.1, -0.05) is 0 Å². The van der Waals surface area contributed by atoms with Gasteiger partial charge in [-0.15, -0.1) is 24.0 Å². The van der Waals surface area contributed by atoms with Crippen LogP contribution in [0.3, 0.4) is 0 Å². The summed E-state index contributed by atoms with van der Waals surface area (Å²) in [4.78, 5) is 9.84. The minimum Gasteiger partial charge on any atom is -0.379 e. The molecule has 0 unspecified atom stereocenters. The summed E-state index contributed by atoms with van der Waals surface area (Å²) in [5, 5.41) is 7.04. The monoisotopic (exact) mass is 481 g/mol. The molecule has 0 bridgehead atoms. The van der Waals surface area contributed by atoms with Gasteiger partial charge in [-0.25, -0.2) is 0 Å². The molecule has 0 atom stereocenters. The van der Waals surface area contributed by atoms with E-state index in [1.165, 1.54) is 38.9 Å². The van der Waals surface area contributed by atoms with Gasteiger partial charge in [0, 0.05) is 51.4 Å². The number of piperidine rings is 1. The molecule has 2 N–H and O–H groups in total. The number of aliphatic imine (C=N–C) groups is 1. The highest BCUT2D eigenvalue weighted by Gasteiger charge is 2.21. The van der Waals surface area contributed by atoms with Crippen molar-refractivity contribution in [3.63, 3.8) is 0 Å². The van der Waals surface area contributed by atoms with Gasteiger partial charge in [0.25, 0.3) is 0 Å². The van der Waals surface area contributed by atoms with E-state index in [-0.39, 0.29) is 24.0 Å². The molecule has 0 saturated carbocycles. The first-order chi connectivity index (χ1) is 12.2. The van der Waals surface area contributed by atoms with Crippen LogP contribution >= 0.6 is 24.0 Å². The lowest BCUT2D eigenvalue weighted by atomic mass is 10.0. The lowest BCUT2D eigenvalue weighted by molar-refractivity contribution is 0.0373. The molecular weight excluding hydrogens is 441 g/mol. The fraction of sp³-hybridized carbons (Fsp3) is 0.947. The van der Waals surface area contributed by atoms with E-state index in [0.717, 1.165) is 51.8 Å². The molecule has 2 heterocycles. The highest BCUT2D eigenvalue weighted by molar-refractivity contribution is 14.0. The lowest BCUT2D eigenvalue weighted by Gasteiger charge is -2.35. The second-order valence-corrected chi connectivity index (χ2v) is 7.47. The molecule has 0 spiro atoms. The lowest BCUT2D eigenvalue weighted by Crippen LogP contribution is -2.49. The molecule has 0 amide bonds. The number of nitrogens with one attached hydrogen (secondary N) is 2. The van der Waals surface area contributed by atoms with Crippen LogP contribution in [0.5, 0.6) is 0 Å². The molecule has 7 heteroatoms. The van der Waals surface area contributed by atoms with Crippen LogP contribution in [0.1, 0.15) is 46.5 Å². The van der Waals surface area contributed by atoms with Crippen LogP contribution in [0.4, 0.5) is 0 Å². The molecule has 2 aliphatic heterocycles. The molecule has 0 aromatic heterocycles. The Morgan fingerprint density at radius 2 is 1.81 bits per heavy atom. The van der Waals surface area contributed by atoms with E-state index in [1.807, 2.05) is 0 Å². The summed E-state index contributed by atoms with van der Waals surface area (Å²) in [5.41, 5.74) is 0. The SMILES string of the molecule is CCNC(=NCCCCN1CCOCC1)NC1CCN(C(C)C)CC1.I. The van der Waals surface area contributed by atoms with Crippen LogP contribution in [-0.4, -0.2) is 86.9 Å². The molecule has 0 radical (unpaired) electrons. The quantitative estimate of drug-likeness (QED) is 0.241. The Bertz CT molecular complexity index is 380. The Balaban J connectivity index is 0.00000338. The highest BCUT2D eigenvalue weighted by atomic mass is 127. The first-order valence-corrected chi connectivity index (χ1v) is 10.3. The number of hydrogen-bond donors (Lipinski definition) is 2. The summed E-state index contributed by atoms with van der Waals surface area (Å²) in [5.74, 6) is 0.997. The summed E-state index contributed by atoms with van der Waals surface area (Å²) >= 11 is 0. The number of hydrogen-bond acceptors (Lipinski definition) is 4. The largest absolute Gasteiger partial charge is 0.379 e. The van der Waals surface area contributed by atoms with Crippen molar-refractivity contribution in [3.05, 3.63) is 0 Å². The summed E-state index contributed by atoms with van der Waals surface area (Å²) in [6.45, 7) is 16.0.